The standard InChI is InChI=1S/C20H41NO4S/c1-2-3-4-5-6-7-8-9-10-11-12-13-14-15-17-20(22)21-18-16-19-26(23,24)25/h2-19H2,1H3,(H,21,22)(H,23,24,25). The van der Waals surface area contributed by atoms with Crippen LogP contribution in [0.3, 0.4) is 0 Å². The second-order valence-electron chi connectivity index (χ2n) is 7.34. The van der Waals surface area contributed by atoms with Gasteiger partial charge in [-0.25, -0.2) is 0 Å². The summed E-state index contributed by atoms with van der Waals surface area (Å²) < 4.78 is 29.7. The number of amides is 1. The summed E-state index contributed by atoms with van der Waals surface area (Å²) in [5.74, 6) is -0.328. The fraction of sp³-hybridized carbons (Fsp3) is 0.950. The first-order valence-corrected chi connectivity index (χ1v) is 12.3. The number of unbranched alkanes of at least 4 members (excludes halogenated alkanes) is 13. The Morgan fingerprint density at radius 1 is 0.731 bits per heavy atom. The van der Waals surface area contributed by atoms with Gasteiger partial charge in [-0.05, 0) is 12.8 Å². The highest BCUT2D eigenvalue weighted by Crippen LogP contribution is 2.13. The van der Waals surface area contributed by atoms with Crippen molar-refractivity contribution in [1.29, 1.82) is 0 Å². The van der Waals surface area contributed by atoms with E-state index < -0.39 is 10.1 Å². The van der Waals surface area contributed by atoms with E-state index in [0.717, 1.165) is 12.8 Å². The van der Waals surface area contributed by atoms with Gasteiger partial charge < -0.3 is 5.32 Å². The second kappa shape index (κ2) is 17.8. The Morgan fingerprint density at radius 3 is 1.58 bits per heavy atom. The zero-order valence-electron chi connectivity index (χ0n) is 16.8. The molecular weight excluding hydrogens is 350 g/mol. The minimum atomic E-state index is -3.92. The van der Waals surface area contributed by atoms with Gasteiger partial charge in [0.15, 0.2) is 0 Å². The fourth-order valence-electron chi connectivity index (χ4n) is 3.05. The van der Waals surface area contributed by atoms with Crippen LogP contribution >= 0.6 is 0 Å². The van der Waals surface area contributed by atoms with Crippen LogP contribution in [-0.4, -0.2) is 31.2 Å². The Balaban J connectivity index is 3.20. The van der Waals surface area contributed by atoms with Crippen LogP contribution in [0, 0.1) is 0 Å². The highest BCUT2D eigenvalue weighted by atomic mass is 32.2. The van der Waals surface area contributed by atoms with Gasteiger partial charge >= 0.3 is 0 Å². The Bertz CT molecular complexity index is 424. The zero-order chi connectivity index (χ0) is 19.5. The van der Waals surface area contributed by atoms with Crippen LogP contribution in [0.15, 0.2) is 0 Å². The molecule has 1 amide bonds. The molecule has 0 heterocycles. The number of hydrogen-bond acceptors (Lipinski definition) is 3. The molecule has 0 aliphatic carbocycles. The summed E-state index contributed by atoms with van der Waals surface area (Å²) in [5, 5.41) is 2.69. The molecule has 0 aliphatic rings. The lowest BCUT2D eigenvalue weighted by Gasteiger charge is -2.05. The van der Waals surface area contributed by atoms with Crippen molar-refractivity contribution < 1.29 is 17.8 Å². The molecule has 0 aromatic heterocycles. The van der Waals surface area contributed by atoms with Gasteiger partial charge in [0.25, 0.3) is 10.1 Å². The van der Waals surface area contributed by atoms with Crippen molar-refractivity contribution in [3.05, 3.63) is 0 Å². The Hall–Kier alpha value is -0.620. The minimum Gasteiger partial charge on any atom is -0.356 e. The molecule has 0 fully saturated rings. The highest BCUT2D eigenvalue weighted by Gasteiger charge is 2.05. The normalized spacial score (nSPS) is 11.6. The maximum Gasteiger partial charge on any atom is 0.264 e. The first kappa shape index (κ1) is 25.4. The molecule has 0 spiro atoms. The molecule has 0 radical (unpaired) electrons. The van der Waals surface area contributed by atoms with Crippen LogP contribution in [0.1, 0.15) is 110 Å². The maximum atomic E-state index is 11.6. The van der Waals surface area contributed by atoms with E-state index in [1.54, 1.807) is 0 Å². The summed E-state index contributed by atoms with van der Waals surface area (Å²) in [4.78, 5) is 11.6. The number of nitrogens with one attached hydrogen (secondary N) is 1. The van der Waals surface area contributed by atoms with Gasteiger partial charge in [-0.15, -0.1) is 0 Å². The van der Waals surface area contributed by atoms with Crippen molar-refractivity contribution in [2.75, 3.05) is 12.3 Å². The van der Waals surface area contributed by atoms with Crippen molar-refractivity contribution in [2.45, 2.75) is 110 Å². The van der Waals surface area contributed by atoms with Crippen molar-refractivity contribution in [3.63, 3.8) is 0 Å². The summed E-state index contributed by atoms with van der Waals surface area (Å²) in [6.45, 7) is 2.56. The van der Waals surface area contributed by atoms with Crippen molar-refractivity contribution in [3.8, 4) is 0 Å². The molecule has 156 valence electrons. The molecule has 0 rings (SSSR count). The lowest BCUT2D eigenvalue weighted by atomic mass is 10.0. The quantitative estimate of drug-likeness (QED) is 0.233. The van der Waals surface area contributed by atoms with E-state index in [-0.39, 0.29) is 18.1 Å². The third kappa shape index (κ3) is 21.4. The predicted octanol–water partition coefficient (Wildman–Crippen LogP) is 5.25. The van der Waals surface area contributed by atoms with E-state index >= 15 is 0 Å². The van der Waals surface area contributed by atoms with E-state index in [4.69, 9.17) is 4.55 Å². The summed E-state index contributed by atoms with van der Waals surface area (Å²) in [6.07, 6.45) is 18.9. The molecule has 26 heavy (non-hydrogen) atoms. The average Bonchev–Trinajstić information content (AvgIpc) is 2.58. The monoisotopic (exact) mass is 391 g/mol. The number of carbonyl (C=O) groups is 1. The van der Waals surface area contributed by atoms with Gasteiger partial charge in [-0.2, -0.15) is 8.42 Å². The van der Waals surface area contributed by atoms with Crippen molar-refractivity contribution in [2.24, 2.45) is 0 Å². The number of hydrogen-bond donors (Lipinski definition) is 2. The van der Waals surface area contributed by atoms with Gasteiger partial charge in [0.1, 0.15) is 0 Å². The zero-order valence-corrected chi connectivity index (χ0v) is 17.6. The molecule has 0 aromatic carbocycles. The first-order valence-electron chi connectivity index (χ1n) is 10.7. The van der Waals surface area contributed by atoms with Crippen LogP contribution < -0.4 is 5.32 Å². The van der Waals surface area contributed by atoms with Crippen LogP contribution in [-0.2, 0) is 14.9 Å². The molecule has 0 saturated carbocycles. The van der Waals surface area contributed by atoms with Crippen LogP contribution in [0.2, 0.25) is 0 Å². The fourth-order valence-corrected chi connectivity index (χ4v) is 3.56. The SMILES string of the molecule is CCCCCCCCCCCCCCCCC(=O)NCCCS(=O)(=O)O. The molecule has 2 N–H and O–H groups in total. The van der Waals surface area contributed by atoms with Gasteiger partial charge in [-0.3, -0.25) is 9.35 Å². The van der Waals surface area contributed by atoms with Gasteiger partial charge in [0, 0.05) is 13.0 Å². The highest BCUT2D eigenvalue weighted by molar-refractivity contribution is 7.85. The molecule has 0 aliphatic heterocycles. The van der Waals surface area contributed by atoms with Crippen LogP contribution in [0.4, 0.5) is 0 Å². The molecule has 0 bridgehead atoms. The van der Waals surface area contributed by atoms with E-state index in [0.29, 0.717) is 13.0 Å². The smallest absolute Gasteiger partial charge is 0.264 e. The Labute approximate surface area is 161 Å². The maximum absolute atomic E-state index is 11.6. The van der Waals surface area contributed by atoms with Gasteiger partial charge in [0.05, 0.1) is 5.75 Å². The van der Waals surface area contributed by atoms with E-state index in [9.17, 15) is 13.2 Å². The molecule has 0 aromatic rings. The van der Waals surface area contributed by atoms with Crippen molar-refractivity contribution >= 4 is 16.0 Å². The van der Waals surface area contributed by atoms with Gasteiger partial charge in [-0.1, -0.05) is 90.4 Å². The molecule has 6 heteroatoms. The summed E-state index contributed by atoms with van der Waals surface area (Å²) in [7, 11) is -3.92. The lowest BCUT2D eigenvalue weighted by molar-refractivity contribution is -0.121. The summed E-state index contributed by atoms with van der Waals surface area (Å²) in [5.41, 5.74) is 0. The lowest BCUT2D eigenvalue weighted by Crippen LogP contribution is -2.25. The molecular formula is C20H41NO4S. The van der Waals surface area contributed by atoms with E-state index in [2.05, 4.69) is 12.2 Å². The third-order valence-electron chi connectivity index (χ3n) is 4.66. The van der Waals surface area contributed by atoms with E-state index in [1.165, 1.54) is 77.0 Å². The summed E-state index contributed by atoms with van der Waals surface area (Å²) >= 11 is 0. The van der Waals surface area contributed by atoms with Gasteiger partial charge in [0.2, 0.25) is 5.91 Å². The Morgan fingerprint density at radius 2 is 1.15 bits per heavy atom. The summed E-state index contributed by atoms with van der Waals surface area (Å²) in [6, 6.07) is 0. The number of rotatable bonds is 19. The molecule has 0 unspecified atom stereocenters. The van der Waals surface area contributed by atoms with Crippen LogP contribution in [0.5, 0.6) is 0 Å². The molecule has 0 saturated heterocycles. The van der Waals surface area contributed by atoms with Crippen molar-refractivity contribution in [1.82, 2.24) is 5.32 Å². The largest absolute Gasteiger partial charge is 0.356 e. The molecule has 5 nitrogen and oxygen atoms in total. The minimum absolute atomic E-state index is 0.0284. The average molecular weight is 392 g/mol. The van der Waals surface area contributed by atoms with Crippen LogP contribution in [0.25, 0.3) is 0 Å². The first-order chi connectivity index (χ1) is 12.5. The second-order valence-corrected chi connectivity index (χ2v) is 8.91. The molecule has 0 atom stereocenters. The predicted molar refractivity (Wildman–Crippen MR) is 109 cm³/mol. The number of carbonyl (C=O) groups excluding carboxylic acids is 1. The third-order valence-corrected chi connectivity index (χ3v) is 5.46. The van der Waals surface area contributed by atoms with E-state index in [1.807, 2.05) is 0 Å². The Kier molecular flexibility index (Phi) is 17.4. The topological polar surface area (TPSA) is 83.5 Å².